The minimum atomic E-state index is 0.0387. The smallest absolute Gasteiger partial charge is 0.224 e. The minimum absolute atomic E-state index is 0.0387. The van der Waals surface area contributed by atoms with Crippen LogP contribution in [0.2, 0.25) is 0 Å². The number of para-hydroxylation sites is 1. The molecule has 2 atom stereocenters. The first-order valence-corrected chi connectivity index (χ1v) is 13.8. The quantitative estimate of drug-likeness (QED) is 0.275. The molecule has 1 aliphatic rings. The Morgan fingerprint density at radius 3 is 2.42 bits per heavy atom. The lowest BCUT2D eigenvalue weighted by atomic mass is 9.82. The maximum atomic E-state index is 12.7. The number of carbonyl (C=O) groups excluding carboxylic acids is 1. The molecular weight excluding hydrogens is 444 g/mol. The van der Waals surface area contributed by atoms with E-state index in [9.17, 15) is 4.79 Å². The lowest BCUT2D eigenvalue weighted by molar-refractivity contribution is -0.116. The number of aromatic nitrogens is 3. The molecule has 4 rings (SSSR count). The highest BCUT2D eigenvalue weighted by atomic mass is 16.2. The number of hydrogen-bond donors (Lipinski definition) is 0. The van der Waals surface area contributed by atoms with E-state index in [1.54, 1.807) is 6.92 Å². The average Bonchev–Trinajstić information content (AvgIpc) is 3.26. The van der Waals surface area contributed by atoms with Gasteiger partial charge < -0.3 is 4.90 Å². The Balaban J connectivity index is 1.60. The predicted octanol–water partition coefficient (Wildman–Crippen LogP) is 7.75. The summed E-state index contributed by atoms with van der Waals surface area (Å²) in [5.74, 6) is 2.34. The molecule has 5 heteroatoms. The van der Waals surface area contributed by atoms with E-state index in [2.05, 4.69) is 60.9 Å². The van der Waals surface area contributed by atoms with E-state index in [1.807, 2.05) is 35.2 Å². The Labute approximate surface area is 216 Å². The molecule has 2 unspecified atom stereocenters. The second kappa shape index (κ2) is 11.9. The summed E-state index contributed by atoms with van der Waals surface area (Å²) >= 11 is 0. The Hall–Kier alpha value is -2.95. The second-order valence-electron chi connectivity index (χ2n) is 10.9. The molecular formula is C31H42N4O. The van der Waals surface area contributed by atoms with E-state index in [0.717, 1.165) is 64.5 Å². The van der Waals surface area contributed by atoms with Crippen molar-refractivity contribution in [2.75, 3.05) is 4.90 Å². The highest BCUT2D eigenvalue weighted by molar-refractivity contribution is 5.99. The number of carbonyl (C=O) groups is 1. The summed E-state index contributed by atoms with van der Waals surface area (Å²) in [6, 6.07) is 16.4. The van der Waals surface area contributed by atoms with Crippen molar-refractivity contribution < 1.29 is 4.79 Å². The fourth-order valence-corrected chi connectivity index (χ4v) is 5.77. The van der Waals surface area contributed by atoms with Crippen LogP contribution in [0.5, 0.6) is 0 Å². The number of nitrogens with zero attached hydrogens (tertiary/aromatic N) is 4. The lowest BCUT2D eigenvalue weighted by Gasteiger charge is -2.27. The third-order valence-corrected chi connectivity index (χ3v) is 7.79. The summed E-state index contributed by atoms with van der Waals surface area (Å²) in [7, 11) is 0. The fraction of sp³-hybridized carbons (Fsp3) is 0.516. The predicted molar refractivity (Wildman–Crippen MR) is 149 cm³/mol. The first kappa shape index (κ1) is 26.1. The van der Waals surface area contributed by atoms with Gasteiger partial charge in [-0.15, -0.1) is 5.10 Å². The number of amides is 1. The van der Waals surface area contributed by atoms with Crippen LogP contribution in [0, 0.1) is 17.8 Å². The molecule has 2 heterocycles. The van der Waals surface area contributed by atoms with Gasteiger partial charge in [0.15, 0.2) is 0 Å². The zero-order valence-corrected chi connectivity index (χ0v) is 22.7. The molecule has 3 aromatic rings. The van der Waals surface area contributed by atoms with Gasteiger partial charge in [-0.2, -0.15) is 0 Å². The van der Waals surface area contributed by atoms with Gasteiger partial charge in [0.25, 0.3) is 0 Å². The second-order valence-corrected chi connectivity index (χ2v) is 10.9. The van der Waals surface area contributed by atoms with Crippen LogP contribution in [0.3, 0.4) is 0 Å². The Morgan fingerprint density at radius 2 is 1.69 bits per heavy atom. The van der Waals surface area contributed by atoms with E-state index in [1.165, 1.54) is 32.1 Å². The van der Waals surface area contributed by atoms with Crippen LogP contribution >= 0.6 is 0 Å². The van der Waals surface area contributed by atoms with Gasteiger partial charge in [-0.25, -0.2) is 4.68 Å². The maximum Gasteiger partial charge on any atom is 0.224 e. The topological polar surface area (TPSA) is 51.0 Å². The lowest BCUT2D eigenvalue weighted by Crippen LogP contribution is -2.29. The molecule has 0 spiro atoms. The summed E-state index contributed by atoms with van der Waals surface area (Å²) in [5, 5.41) is 9.32. The number of aryl methyl sites for hydroxylation is 1. The van der Waals surface area contributed by atoms with Gasteiger partial charge in [0.05, 0.1) is 17.9 Å². The fourth-order valence-electron chi connectivity index (χ4n) is 5.77. The summed E-state index contributed by atoms with van der Waals surface area (Å²) in [4.78, 5) is 14.6. The van der Waals surface area contributed by atoms with Gasteiger partial charge in [-0.1, -0.05) is 101 Å². The number of unbranched alkanes of at least 4 members (excludes halogenated alkanes) is 1. The third kappa shape index (κ3) is 5.71. The van der Waals surface area contributed by atoms with Crippen molar-refractivity contribution in [1.82, 2.24) is 15.0 Å². The van der Waals surface area contributed by atoms with Crippen molar-refractivity contribution in [3.63, 3.8) is 0 Å². The Bertz CT molecular complexity index is 1160. The standard InChI is InChI=1S/C31H42N4O/c1-6-13-23(4)20-25(22(2)3)14-11-12-19-35-31-28-17-9-10-18-29(28)34(24(5)36)21-26-15-7-8-16-27(26)30(31)32-33-35/h7-10,15-18,22-23,25H,6,11-14,19-21H2,1-5H3. The summed E-state index contributed by atoms with van der Waals surface area (Å²) in [6.45, 7) is 12.4. The molecule has 0 aliphatic carbocycles. The monoisotopic (exact) mass is 486 g/mol. The van der Waals surface area contributed by atoms with Crippen molar-refractivity contribution >= 4 is 11.6 Å². The molecule has 1 aliphatic heterocycles. The molecule has 36 heavy (non-hydrogen) atoms. The molecule has 0 radical (unpaired) electrons. The normalized spacial score (nSPS) is 14.4. The van der Waals surface area contributed by atoms with E-state index in [0.29, 0.717) is 6.54 Å². The van der Waals surface area contributed by atoms with Gasteiger partial charge >= 0.3 is 0 Å². The summed E-state index contributed by atoms with van der Waals surface area (Å²) in [5.41, 5.74) is 6.03. The van der Waals surface area contributed by atoms with Crippen molar-refractivity contribution in [1.29, 1.82) is 0 Å². The van der Waals surface area contributed by atoms with Crippen LogP contribution in [0.4, 0.5) is 5.69 Å². The van der Waals surface area contributed by atoms with Crippen molar-refractivity contribution in [2.24, 2.45) is 17.8 Å². The molecule has 192 valence electrons. The number of benzene rings is 2. The zero-order valence-electron chi connectivity index (χ0n) is 22.7. The highest BCUT2D eigenvalue weighted by Crippen LogP contribution is 2.41. The van der Waals surface area contributed by atoms with Crippen LogP contribution in [-0.4, -0.2) is 20.9 Å². The number of rotatable bonds is 10. The Kier molecular flexibility index (Phi) is 8.60. The minimum Gasteiger partial charge on any atom is -0.308 e. The third-order valence-electron chi connectivity index (χ3n) is 7.79. The van der Waals surface area contributed by atoms with Gasteiger partial charge in [0.1, 0.15) is 5.69 Å². The first-order chi connectivity index (χ1) is 17.4. The van der Waals surface area contributed by atoms with Crippen molar-refractivity contribution in [3.05, 3.63) is 54.1 Å². The molecule has 1 aromatic heterocycles. The molecule has 0 saturated carbocycles. The molecule has 0 saturated heterocycles. The average molecular weight is 487 g/mol. The highest BCUT2D eigenvalue weighted by Gasteiger charge is 2.27. The number of fused-ring (bicyclic) bond motifs is 5. The van der Waals surface area contributed by atoms with Gasteiger partial charge in [0, 0.05) is 24.6 Å². The van der Waals surface area contributed by atoms with Crippen molar-refractivity contribution in [2.45, 2.75) is 86.2 Å². The van der Waals surface area contributed by atoms with Gasteiger partial charge in [0.2, 0.25) is 5.91 Å². The van der Waals surface area contributed by atoms with E-state index in [4.69, 9.17) is 0 Å². The summed E-state index contributed by atoms with van der Waals surface area (Å²) < 4.78 is 2.07. The SMILES string of the molecule is CCCC(C)CC(CCCCn1nnc2c1-c1ccccc1N(C(C)=O)Cc1ccccc1-2)C(C)C. The van der Waals surface area contributed by atoms with Crippen molar-refractivity contribution in [3.8, 4) is 22.5 Å². The number of anilines is 1. The number of hydrogen-bond acceptors (Lipinski definition) is 3. The van der Waals surface area contributed by atoms with Crippen LogP contribution < -0.4 is 4.90 Å². The van der Waals surface area contributed by atoms with E-state index >= 15 is 0 Å². The Morgan fingerprint density at radius 1 is 0.972 bits per heavy atom. The molecule has 0 bridgehead atoms. The molecule has 1 amide bonds. The largest absolute Gasteiger partial charge is 0.308 e. The maximum absolute atomic E-state index is 12.7. The zero-order chi connectivity index (χ0) is 25.7. The van der Waals surface area contributed by atoms with Gasteiger partial charge in [-0.05, 0) is 42.2 Å². The molecule has 2 aromatic carbocycles. The van der Waals surface area contributed by atoms with E-state index < -0.39 is 0 Å². The molecule has 5 nitrogen and oxygen atoms in total. The van der Waals surface area contributed by atoms with Gasteiger partial charge in [-0.3, -0.25) is 4.79 Å². The first-order valence-electron chi connectivity index (χ1n) is 13.8. The van der Waals surface area contributed by atoms with Crippen LogP contribution in [0.1, 0.15) is 78.7 Å². The molecule has 0 N–H and O–H groups in total. The van der Waals surface area contributed by atoms with Crippen LogP contribution in [0.25, 0.3) is 22.5 Å². The summed E-state index contributed by atoms with van der Waals surface area (Å²) in [6.07, 6.45) is 7.45. The van der Waals surface area contributed by atoms with Crippen LogP contribution in [-0.2, 0) is 17.9 Å². The van der Waals surface area contributed by atoms with E-state index in [-0.39, 0.29) is 5.91 Å². The van der Waals surface area contributed by atoms with Crippen LogP contribution in [0.15, 0.2) is 48.5 Å². The molecule has 0 fully saturated rings.